The van der Waals surface area contributed by atoms with Gasteiger partial charge in [0.2, 0.25) is 0 Å². The average molecular weight is 358 g/mol. The molecule has 0 saturated heterocycles. The number of nitrogens with zero attached hydrogens (tertiary/aromatic N) is 3. The number of esters is 1. The van der Waals surface area contributed by atoms with Crippen LogP contribution in [0.1, 0.15) is 17.4 Å². The van der Waals surface area contributed by atoms with Crippen molar-refractivity contribution >= 4 is 27.9 Å². The van der Waals surface area contributed by atoms with Crippen molar-refractivity contribution in [3.05, 3.63) is 76.1 Å². The number of H-pyrrole nitrogens is 1. The van der Waals surface area contributed by atoms with Gasteiger partial charge in [-0.1, -0.05) is 36.4 Å². The predicted molar refractivity (Wildman–Crippen MR) is 101 cm³/mol. The fraction of sp³-hybridized carbons (Fsp3) is 0.100. The van der Waals surface area contributed by atoms with Crippen LogP contribution >= 0.6 is 0 Å². The summed E-state index contributed by atoms with van der Waals surface area (Å²) in [5.74, 6) is -0.723. The quantitative estimate of drug-likeness (QED) is 0.448. The standard InChI is InChI=1S/C20H14N4O3/c1-3-27-20(26)17-16(21-2)18-19(25)22-15(11-24(18)23-17)14-9-8-12-6-4-5-7-13(12)10-14/h4-11H,3H2,1H3,(H,22,25). The molecule has 27 heavy (non-hydrogen) atoms. The van der Waals surface area contributed by atoms with Crippen LogP contribution in [0.5, 0.6) is 0 Å². The van der Waals surface area contributed by atoms with E-state index in [4.69, 9.17) is 11.3 Å². The van der Waals surface area contributed by atoms with Crippen LogP contribution in [0, 0.1) is 6.57 Å². The van der Waals surface area contributed by atoms with Gasteiger partial charge >= 0.3 is 5.97 Å². The van der Waals surface area contributed by atoms with E-state index < -0.39 is 11.5 Å². The Balaban J connectivity index is 1.92. The third-order valence-electron chi connectivity index (χ3n) is 4.24. The molecule has 0 aliphatic heterocycles. The monoisotopic (exact) mass is 358 g/mol. The van der Waals surface area contributed by atoms with Crippen molar-refractivity contribution in [2.75, 3.05) is 6.61 Å². The number of fused-ring (bicyclic) bond motifs is 2. The molecule has 2 heterocycles. The molecule has 0 saturated carbocycles. The third kappa shape index (κ3) is 2.73. The molecule has 0 unspecified atom stereocenters. The molecule has 0 spiro atoms. The summed E-state index contributed by atoms with van der Waals surface area (Å²) >= 11 is 0. The Morgan fingerprint density at radius 1 is 1.26 bits per heavy atom. The maximum absolute atomic E-state index is 12.6. The van der Waals surface area contributed by atoms with Gasteiger partial charge in [0.05, 0.1) is 25.1 Å². The van der Waals surface area contributed by atoms with E-state index in [2.05, 4.69) is 14.9 Å². The van der Waals surface area contributed by atoms with Gasteiger partial charge in [0.1, 0.15) is 5.52 Å². The number of hydrogen-bond donors (Lipinski definition) is 1. The van der Waals surface area contributed by atoms with Crippen molar-refractivity contribution in [2.24, 2.45) is 0 Å². The summed E-state index contributed by atoms with van der Waals surface area (Å²) in [5.41, 5.74) is 0.595. The average Bonchev–Trinajstić information content (AvgIpc) is 3.07. The van der Waals surface area contributed by atoms with Gasteiger partial charge in [-0.05, 0) is 23.8 Å². The van der Waals surface area contributed by atoms with Crippen molar-refractivity contribution in [1.82, 2.24) is 14.6 Å². The zero-order chi connectivity index (χ0) is 19.0. The van der Waals surface area contributed by atoms with E-state index in [-0.39, 0.29) is 23.5 Å². The Labute approximate surface area is 153 Å². The highest BCUT2D eigenvalue weighted by atomic mass is 16.5. The van der Waals surface area contributed by atoms with Gasteiger partial charge in [-0.3, -0.25) is 4.79 Å². The van der Waals surface area contributed by atoms with Gasteiger partial charge in [-0.15, -0.1) is 0 Å². The van der Waals surface area contributed by atoms with E-state index in [1.165, 1.54) is 4.52 Å². The third-order valence-corrected chi connectivity index (χ3v) is 4.24. The molecule has 0 aliphatic rings. The van der Waals surface area contributed by atoms with Crippen molar-refractivity contribution in [3.63, 3.8) is 0 Å². The summed E-state index contributed by atoms with van der Waals surface area (Å²) in [6.07, 6.45) is 1.60. The summed E-state index contributed by atoms with van der Waals surface area (Å²) in [4.78, 5) is 30.7. The minimum Gasteiger partial charge on any atom is -0.462 e. The summed E-state index contributed by atoms with van der Waals surface area (Å²) in [6.45, 7) is 9.14. The number of aromatic nitrogens is 3. The number of carbonyl (C=O) groups is 1. The first kappa shape index (κ1) is 16.5. The molecule has 0 bridgehead atoms. The van der Waals surface area contributed by atoms with Crippen LogP contribution in [-0.2, 0) is 4.74 Å². The van der Waals surface area contributed by atoms with Crippen molar-refractivity contribution in [3.8, 4) is 11.3 Å². The SMILES string of the molecule is [C-]#[N+]c1c(C(=O)OCC)nn2cc(-c3ccc4ccccc4c3)[nH]c(=O)c12. The van der Waals surface area contributed by atoms with E-state index >= 15 is 0 Å². The van der Waals surface area contributed by atoms with E-state index in [1.807, 2.05) is 42.5 Å². The predicted octanol–water partition coefficient (Wildman–Crippen LogP) is 3.57. The lowest BCUT2D eigenvalue weighted by Gasteiger charge is -2.05. The van der Waals surface area contributed by atoms with Gasteiger partial charge in [0, 0.05) is 5.56 Å². The Kier molecular flexibility index (Phi) is 3.94. The van der Waals surface area contributed by atoms with Crippen LogP contribution in [0.25, 0.3) is 32.4 Å². The molecule has 4 aromatic rings. The smallest absolute Gasteiger partial charge is 0.348 e. The Bertz CT molecular complexity index is 1290. The molecule has 132 valence electrons. The van der Waals surface area contributed by atoms with E-state index in [1.54, 1.807) is 13.1 Å². The second-order valence-electron chi connectivity index (χ2n) is 5.88. The number of hydrogen-bond acceptors (Lipinski definition) is 4. The van der Waals surface area contributed by atoms with Crippen LogP contribution in [0.4, 0.5) is 5.69 Å². The van der Waals surface area contributed by atoms with Crippen LogP contribution < -0.4 is 5.56 Å². The summed E-state index contributed by atoms with van der Waals surface area (Å²) in [6, 6.07) is 13.7. The number of carbonyl (C=O) groups excluding carboxylic acids is 1. The lowest BCUT2D eigenvalue weighted by Crippen LogP contribution is -2.10. The molecule has 2 aromatic carbocycles. The first-order chi connectivity index (χ1) is 13.1. The van der Waals surface area contributed by atoms with Crippen LogP contribution in [0.3, 0.4) is 0 Å². The number of ether oxygens (including phenoxy) is 1. The summed E-state index contributed by atoms with van der Waals surface area (Å²) < 4.78 is 6.20. The molecule has 1 N–H and O–H groups in total. The number of nitrogens with one attached hydrogen (secondary N) is 1. The molecule has 7 heteroatoms. The number of benzene rings is 2. The van der Waals surface area contributed by atoms with Crippen molar-refractivity contribution < 1.29 is 9.53 Å². The summed E-state index contributed by atoms with van der Waals surface area (Å²) in [7, 11) is 0. The molecule has 2 aromatic heterocycles. The minimum atomic E-state index is -0.723. The lowest BCUT2D eigenvalue weighted by atomic mass is 10.1. The molecule has 4 rings (SSSR count). The van der Waals surface area contributed by atoms with Crippen LogP contribution in [0.2, 0.25) is 0 Å². The highest BCUT2D eigenvalue weighted by molar-refractivity contribution is 5.98. The molecule has 0 amide bonds. The zero-order valence-electron chi connectivity index (χ0n) is 14.4. The molecule has 7 nitrogen and oxygen atoms in total. The Morgan fingerprint density at radius 3 is 2.78 bits per heavy atom. The highest BCUT2D eigenvalue weighted by Gasteiger charge is 2.23. The largest absolute Gasteiger partial charge is 0.462 e. The second-order valence-corrected chi connectivity index (χ2v) is 5.88. The highest BCUT2D eigenvalue weighted by Crippen LogP contribution is 2.26. The maximum atomic E-state index is 12.6. The van der Waals surface area contributed by atoms with E-state index in [9.17, 15) is 9.59 Å². The molecule has 0 aliphatic carbocycles. The molecule has 0 radical (unpaired) electrons. The molecular weight excluding hydrogens is 344 g/mol. The van der Waals surface area contributed by atoms with Gasteiger partial charge < -0.3 is 9.72 Å². The van der Waals surface area contributed by atoms with E-state index in [0.717, 1.165) is 16.3 Å². The van der Waals surface area contributed by atoms with Crippen molar-refractivity contribution in [2.45, 2.75) is 6.92 Å². The van der Waals surface area contributed by atoms with Crippen molar-refractivity contribution in [1.29, 1.82) is 0 Å². The molecular formula is C20H14N4O3. The van der Waals surface area contributed by atoms with Gasteiger partial charge in [0.25, 0.3) is 11.2 Å². The number of rotatable bonds is 3. The van der Waals surface area contributed by atoms with Gasteiger partial charge in [-0.25, -0.2) is 14.2 Å². The summed E-state index contributed by atoms with van der Waals surface area (Å²) in [5, 5.41) is 6.24. The number of aromatic amines is 1. The Hall–Kier alpha value is -3.92. The zero-order valence-corrected chi connectivity index (χ0v) is 14.4. The second kappa shape index (κ2) is 6.42. The molecule has 0 atom stereocenters. The lowest BCUT2D eigenvalue weighted by molar-refractivity contribution is 0.0520. The minimum absolute atomic E-state index is 0.0255. The topological polar surface area (TPSA) is 80.8 Å². The van der Waals surface area contributed by atoms with Gasteiger partial charge in [-0.2, -0.15) is 5.10 Å². The van der Waals surface area contributed by atoms with Crippen LogP contribution in [-0.4, -0.2) is 27.2 Å². The normalized spacial score (nSPS) is 10.8. The van der Waals surface area contributed by atoms with E-state index in [0.29, 0.717) is 5.69 Å². The van der Waals surface area contributed by atoms with Gasteiger partial charge in [0.15, 0.2) is 5.69 Å². The fourth-order valence-corrected chi connectivity index (χ4v) is 3.01. The fourth-order valence-electron chi connectivity index (χ4n) is 3.01. The first-order valence-electron chi connectivity index (χ1n) is 8.31. The Morgan fingerprint density at radius 2 is 2.04 bits per heavy atom. The maximum Gasteiger partial charge on any atom is 0.348 e. The van der Waals surface area contributed by atoms with Crippen LogP contribution in [0.15, 0.2) is 53.5 Å². The first-order valence-corrected chi connectivity index (χ1v) is 8.31. The molecule has 0 fully saturated rings.